The molecule has 0 spiro atoms. The molecule has 116 valence electrons. The van der Waals surface area contributed by atoms with E-state index in [0.29, 0.717) is 31.6 Å². The lowest BCUT2D eigenvalue weighted by Gasteiger charge is -2.26. The van der Waals surface area contributed by atoms with E-state index >= 15 is 0 Å². The van der Waals surface area contributed by atoms with Crippen LogP contribution in [-0.2, 0) is 14.4 Å². The Morgan fingerprint density at radius 2 is 2.10 bits per heavy atom. The van der Waals surface area contributed by atoms with Gasteiger partial charge >= 0.3 is 0 Å². The largest absolute Gasteiger partial charge is 0.346 e. The van der Waals surface area contributed by atoms with Gasteiger partial charge in [-0.3, -0.25) is 14.4 Å². The number of hydrogen-bond acceptors (Lipinski definition) is 4. The fraction of sp³-hybridized carbons (Fsp3) is 0.714. The second-order valence-corrected chi connectivity index (χ2v) is 6.80. The van der Waals surface area contributed by atoms with Crippen LogP contribution in [0.2, 0.25) is 0 Å². The minimum absolute atomic E-state index is 0.0340. The molecule has 2 aliphatic rings. The van der Waals surface area contributed by atoms with Crippen LogP contribution in [0.1, 0.15) is 40.0 Å². The number of nitrogens with one attached hydrogen (secondary N) is 2. The van der Waals surface area contributed by atoms with Crippen molar-refractivity contribution in [3.8, 4) is 0 Å². The Morgan fingerprint density at radius 3 is 2.67 bits per heavy atom. The summed E-state index contributed by atoms with van der Waals surface area (Å²) < 4.78 is 0. The summed E-state index contributed by atoms with van der Waals surface area (Å²) in [5.41, 5.74) is 2.65. The summed E-state index contributed by atoms with van der Waals surface area (Å²) in [6.45, 7) is 7.43. The van der Waals surface area contributed by atoms with Crippen molar-refractivity contribution in [2.45, 2.75) is 46.1 Å². The smallest absolute Gasteiger partial charge is 0.267 e. The van der Waals surface area contributed by atoms with Gasteiger partial charge < -0.3 is 10.2 Å². The fourth-order valence-corrected chi connectivity index (χ4v) is 2.50. The molecule has 0 aromatic heterocycles. The van der Waals surface area contributed by atoms with E-state index in [2.05, 4.69) is 36.6 Å². The standard InChI is InChI=1S/C14H22N4O3/c1-14(2,3)8-18-7-9(6-12(18)20)15-13(21)10-4-5-11(19)17-16-10/h9H,4-8H2,1-3H3,(H,15,21)(H,17,19)/t9-/m1/s1. The molecule has 2 aliphatic heterocycles. The van der Waals surface area contributed by atoms with Crippen molar-refractivity contribution >= 4 is 23.4 Å². The van der Waals surface area contributed by atoms with Gasteiger partial charge in [0, 0.05) is 32.4 Å². The molecule has 7 nitrogen and oxygen atoms in total. The molecule has 0 aliphatic carbocycles. The van der Waals surface area contributed by atoms with Gasteiger partial charge in [0.15, 0.2) is 0 Å². The molecule has 0 bridgehead atoms. The van der Waals surface area contributed by atoms with Gasteiger partial charge in [0.1, 0.15) is 5.71 Å². The van der Waals surface area contributed by atoms with Crippen molar-refractivity contribution in [1.82, 2.24) is 15.6 Å². The highest BCUT2D eigenvalue weighted by atomic mass is 16.2. The molecular formula is C14H22N4O3. The number of nitrogens with zero attached hydrogens (tertiary/aromatic N) is 2. The number of hydrogen-bond donors (Lipinski definition) is 2. The Balaban J connectivity index is 1.88. The Bertz CT molecular complexity index is 493. The first-order valence-corrected chi connectivity index (χ1v) is 7.19. The molecule has 1 saturated heterocycles. The van der Waals surface area contributed by atoms with Gasteiger partial charge in [0.25, 0.3) is 5.91 Å². The van der Waals surface area contributed by atoms with Crippen molar-refractivity contribution in [2.75, 3.05) is 13.1 Å². The van der Waals surface area contributed by atoms with E-state index in [4.69, 9.17) is 0 Å². The second kappa shape index (κ2) is 5.83. The van der Waals surface area contributed by atoms with Crippen LogP contribution in [-0.4, -0.2) is 47.5 Å². The Labute approximate surface area is 124 Å². The lowest BCUT2D eigenvalue weighted by atomic mass is 9.96. The maximum atomic E-state index is 12.0. The van der Waals surface area contributed by atoms with E-state index < -0.39 is 0 Å². The zero-order chi connectivity index (χ0) is 15.6. The van der Waals surface area contributed by atoms with E-state index in [1.807, 2.05) is 0 Å². The predicted molar refractivity (Wildman–Crippen MR) is 77.4 cm³/mol. The van der Waals surface area contributed by atoms with Crippen LogP contribution in [0.15, 0.2) is 5.10 Å². The molecule has 3 amide bonds. The van der Waals surface area contributed by atoms with Gasteiger partial charge in [-0.05, 0) is 5.41 Å². The van der Waals surface area contributed by atoms with E-state index in [9.17, 15) is 14.4 Å². The number of likely N-dealkylation sites (tertiary alicyclic amines) is 1. The minimum atomic E-state index is -0.301. The first-order chi connectivity index (χ1) is 9.74. The highest BCUT2D eigenvalue weighted by molar-refractivity contribution is 6.39. The zero-order valence-corrected chi connectivity index (χ0v) is 12.7. The van der Waals surface area contributed by atoms with Crippen LogP contribution in [0, 0.1) is 5.41 Å². The number of amides is 3. The normalized spacial score (nSPS) is 22.9. The monoisotopic (exact) mass is 294 g/mol. The molecule has 2 rings (SSSR count). The number of rotatable bonds is 3. The van der Waals surface area contributed by atoms with Crippen LogP contribution in [0.4, 0.5) is 0 Å². The van der Waals surface area contributed by atoms with Crippen molar-refractivity contribution < 1.29 is 14.4 Å². The van der Waals surface area contributed by atoms with Crippen LogP contribution >= 0.6 is 0 Å². The van der Waals surface area contributed by atoms with Crippen molar-refractivity contribution in [3.63, 3.8) is 0 Å². The summed E-state index contributed by atoms with van der Waals surface area (Å²) in [6, 6.07) is -0.187. The molecule has 7 heteroatoms. The molecule has 2 heterocycles. The molecule has 0 radical (unpaired) electrons. The zero-order valence-electron chi connectivity index (χ0n) is 12.7. The molecule has 0 aromatic rings. The fourth-order valence-electron chi connectivity index (χ4n) is 2.50. The Kier molecular flexibility index (Phi) is 4.29. The van der Waals surface area contributed by atoms with Gasteiger partial charge in [0.2, 0.25) is 11.8 Å². The van der Waals surface area contributed by atoms with Crippen LogP contribution in [0.3, 0.4) is 0 Å². The Morgan fingerprint density at radius 1 is 1.38 bits per heavy atom. The predicted octanol–water partition coefficient (Wildman–Crippen LogP) is 0.0156. The number of hydrazone groups is 1. The summed E-state index contributed by atoms with van der Waals surface area (Å²) >= 11 is 0. The molecule has 0 saturated carbocycles. The molecule has 1 fully saturated rings. The van der Waals surface area contributed by atoms with Crippen molar-refractivity contribution in [3.05, 3.63) is 0 Å². The molecular weight excluding hydrogens is 272 g/mol. The highest BCUT2D eigenvalue weighted by Gasteiger charge is 2.33. The average Bonchev–Trinajstić information content (AvgIpc) is 2.68. The maximum absolute atomic E-state index is 12.0. The summed E-state index contributed by atoms with van der Waals surface area (Å²) in [6.07, 6.45) is 0.928. The van der Waals surface area contributed by atoms with Gasteiger partial charge in [-0.1, -0.05) is 20.8 Å². The van der Waals surface area contributed by atoms with Gasteiger partial charge in [-0.25, -0.2) is 5.43 Å². The highest BCUT2D eigenvalue weighted by Crippen LogP contribution is 2.20. The third-order valence-electron chi connectivity index (χ3n) is 3.38. The SMILES string of the molecule is CC(C)(C)CN1C[C@H](NC(=O)C2=NNC(=O)CC2)CC1=O. The minimum Gasteiger partial charge on any atom is -0.346 e. The quantitative estimate of drug-likeness (QED) is 0.768. The van der Waals surface area contributed by atoms with Gasteiger partial charge in [-0.2, -0.15) is 5.10 Å². The lowest BCUT2D eigenvalue weighted by Crippen LogP contribution is -2.43. The van der Waals surface area contributed by atoms with Crippen LogP contribution in [0.25, 0.3) is 0 Å². The van der Waals surface area contributed by atoms with Crippen LogP contribution in [0.5, 0.6) is 0 Å². The van der Waals surface area contributed by atoms with E-state index in [1.165, 1.54) is 0 Å². The van der Waals surface area contributed by atoms with Crippen molar-refractivity contribution in [1.29, 1.82) is 0 Å². The number of carbonyl (C=O) groups is 3. The summed E-state index contributed by atoms with van der Waals surface area (Å²) in [4.78, 5) is 36.8. The average molecular weight is 294 g/mol. The summed E-state index contributed by atoms with van der Waals surface area (Å²) in [5.74, 6) is -0.418. The van der Waals surface area contributed by atoms with E-state index in [-0.39, 0.29) is 35.6 Å². The molecule has 0 unspecified atom stereocenters. The Hall–Kier alpha value is -1.92. The lowest BCUT2D eigenvalue weighted by molar-refractivity contribution is -0.128. The molecule has 21 heavy (non-hydrogen) atoms. The third kappa shape index (κ3) is 4.27. The van der Waals surface area contributed by atoms with Crippen molar-refractivity contribution in [2.24, 2.45) is 10.5 Å². The van der Waals surface area contributed by atoms with Gasteiger partial charge in [-0.15, -0.1) is 0 Å². The summed E-state index contributed by atoms with van der Waals surface area (Å²) in [5, 5.41) is 6.58. The number of carbonyl (C=O) groups excluding carboxylic acids is 3. The first kappa shape index (κ1) is 15.5. The third-order valence-corrected chi connectivity index (χ3v) is 3.38. The van der Waals surface area contributed by atoms with E-state index in [1.54, 1.807) is 4.90 Å². The van der Waals surface area contributed by atoms with E-state index in [0.717, 1.165) is 0 Å². The molecule has 2 N–H and O–H groups in total. The first-order valence-electron chi connectivity index (χ1n) is 7.19. The molecule has 1 atom stereocenters. The maximum Gasteiger partial charge on any atom is 0.267 e. The summed E-state index contributed by atoms with van der Waals surface area (Å²) in [7, 11) is 0. The topological polar surface area (TPSA) is 90.9 Å². The second-order valence-electron chi connectivity index (χ2n) is 6.80. The molecule has 0 aromatic carbocycles. The van der Waals surface area contributed by atoms with Crippen LogP contribution < -0.4 is 10.7 Å². The van der Waals surface area contributed by atoms with Gasteiger partial charge in [0.05, 0.1) is 6.04 Å².